The minimum Gasteiger partial charge on any atom is -0.497 e. The SMILES string of the molecule is COc1ccc(C2NCc3ccccc3-n3cccc32)cc1.Cl. The highest BCUT2D eigenvalue weighted by atomic mass is 35.5. The molecule has 0 fully saturated rings. The largest absolute Gasteiger partial charge is 0.497 e. The third-order valence-corrected chi connectivity index (χ3v) is 4.27. The Kier molecular flexibility index (Phi) is 4.42. The molecule has 3 aromatic rings. The lowest BCUT2D eigenvalue weighted by Crippen LogP contribution is -2.21. The average molecular weight is 327 g/mol. The number of hydrogen-bond acceptors (Lipinski definition) is 2. The van der Waals surface area contributed by atoms with Crippen molar-refractivity contribution in [2.75, 3.05) is 7.11 Å². The summed E-state index contributed by atoms with van der Waals surface area (Å²) in [6, 6.07) is 21.3. The lowest BCUT2D eigenvalue weighted by Gasteiger charge is -2.18. The number of nitrogens with zero attached hydrogens (tertiary/aromatic N) is 1. The van der Waals surface area contributed by atoms with E-state index in [-0.39, 0.29) is 18.4 Å². The van der Waals surface area contributed by atoms with Crippen molar-refractivity contribution in [3.8, 4) is 11.4 Å². The third-order valence-electron chi connectivity index (χ3n) is 4.27. The smallest absolute Gasteiger partial charge is 0.118 e. The van der Waals surface area contributed by atoms with Crippen LogP contribution in [0.3, 0.4) is 0 Å². The summed E-state index contributed by atoms with van der Waals surface area (Å²) in [4.78, 5) is 0. The van der Waals surface area contributed by atoms with Gasteiger partial charge in [-0.25, -0.2) is 0 Å². The van der Waals surface area contributed by atoms with Crippen LogP contribution in [0, 0.1) is 0 Å². The molecule has 1 aliphatic rings. The van der Waals surface area contributed by atoms with Crippen LogP contribution in [0.4, 0.5) is 0 Å². The van der Waals surface area contributed by atoms with Gasteiger partial charge in [-0.1, -0.05) is 30.3 Å². The molecule has 1 aliphatic heterocycles. The van der Waals surface area contributed by atoms with Crippen molar-refractivity contribution in [3.63, 3.8) is 0 Å². The number of fused-ring (bicyclic) bond motifs is 3. The van der Waals surface area contributed by atoms with Crippen molar-refractivity contribution >= 4 is 12.4 Å². The van der Waals surface area contributed by atoms with Gasteiger partial charge in [0.25, 0.3) is 0 Å². The maximum absolute atomic E-state index is 5.26. The minimum atomic E-state index is 0. The van der Waals surface area contributed by atoms with Gasteiger partial charge in [-0.15, -0.1) is 12.4 Å². The van der Waals surface area contributed by atoms with Crippen LogP contribution in [0.1, 0.15) is 22.9 Å². The molecule has 1 atom stereocenters. The van der Waals surface area contributed by atoms with Crippen molar-refractivity contribution in [1.29, 1.82) is 0 Å². The molecule has 0 saturated heterocycles. The molecular formula is C19H19ClN2O. The minimum absolute atomic E-state index is 0. The third kappa shape index (κ3) is 2.74. The highest BCUT2D eigenvalue weighted by Gasteiger charge is 2.22. The molecule has 118 valence electrons. The molecule has 0 bridgehead atoms. The predicted molar refractivity (Wildman–Crippen MR) is 94.7 cm³/mol. The van der Waals surface area contributed by atoms with Crippen LogP contribution >= 0.6 is 12.4 Å². The number of benzene rings is 2. The van der Waals surface area contributed by atoms with Crippen LogP contribution in [-0.4, -0.2) is 11.7 Å². The van der Waals surface area contributed by atoms with E-state index in [1.807, 2.05) is 12.1 Å². The molecule has 0 spiro atoms. The molecule has 1 unspecified atom stereocenters. The summed E-state index contributed by atoms with van der Waals surface area (Å²) in [6.45, 7) is 0.856. The normalized spacial score (nSPS) is 15.8. The number of methoxy groups -OCH3 is 1. The first-order valence-electron chi connectivity index (χ1n) is 7.49. The van der Waals surface area contributed by atoms with Crippen molar-refractivity contribution < 1.29 is 4.74 Å². The maximum atomic E-state index is 5.26. The number of rotatable bonds is 2. The number of ether oxygens (including phenoxy) is 1. The van der Waals surface area contributed by atoms with Gasteiger partial charge in [-0.05, 0) is 41.5 Å². The summed E-state index contributed by atoms with van der Waals surface area (Å²) in [5.41, 5.74) is 5.07. The van der Waals surface area contributed by atoms with Gasteiger partial charge in [0.2, 0.25) is 0 Å². The van der Waals surface area contributed by atoms with E-state index in [0.29, 0.717) is 0 Å². The van der Waals surface area contributed by atoms with Crippen LogP contribution in [0.5, 0.6) is 5.75 Å². The van der Waals surface area contributed by atoms with E-state index in [4.69, 9.17) is 4.74 Å². The Morgan fingerprint density at radius 3 is 2.57 bits per heavy atom. The van der Waals surface area contributed by atoms with Gasteiger partial charge >= 0.3 is 0 Å². The monoisotopic (exact) mass is 326 g/mol. The summed E-state index contributed by atoms with van der Waals surface area (Å²) in [6.07, 6.45) is 2.14. The summed E-state index contributed by atoms with van der Waals surface area (Å²) < 4.78 is 7.54. The van der Waals surface area contributed by atoms with Gasteiger partial charge in [0.15, 0.2) is 0 Å². The van der Waals surface area contributed by atoms with Gasteiger partial charge in [-0.2, -0.15) is 0 Å². The highest BCUT2D eigenvalue weighted by Crippen LogP contribution is 2.30. The molecule has 23 heavy (non-hydrogen) atoms. The summed E-state index contributed by atoms with van der Waals surface area (Å²) in [5.74, 6) is 0.885. The summed E-state index contributed by atoms with van der Waals surface area (Å²) in [7, 11) is 1.70. The van der Waals surface area contributed by atoms with Crippen LogP contribution in [0.2, 0.25) is 0 Å². The number of aromatic nitrogens is 1. The van der Waals surface area contributed by atoms with Crippen molar-refractivity contribution in [2.45, 2.75) is 12.6 Å². The Morgan fingerprint density at radius 2 is 1.78 bits per heavy atom. The van der Waals surface area contributed by atoms with E-state index in [9.17, 15) is 0 Å². The number of halogens is 1. The van der Waals surface area contributed by atoms with Crippen molar-refractivity contribution in [2.24, 2.45) is 0 Å². The highest BCUT2D eigenvalue weighted by molar-refractivity contribution is 5.85. The quantitative estimate of drug-likeness (QED) is 0.767. The Bertz CT molecular complexity index is 795. The van der Waals surface area contributed by atoms with Gasteiger partial charge in [0.1, 0.15) is 5.75 Å². The molecule has 0 saturated carbocycles. The number of para-hydroxylation sites is 1. The fourth-order valence-electron chi connectivity index (χ4n) is 3.15. The zero-order chi connectivity index (χ0) is 14.9. The van der Waals surface area contributed by atoms with E-state index in [1.165, 1.54) is 22.5 Å². The van der Waals surface area contributed by atoms with E-state index < -0.39 is 0 Å². The maximum Gasteiger partial charge on any atom is 0.118 e. The zero-order valence-electron chi connectivity index (χ0n) is 12.9. The standard InChI is InChI=1S/C19H18N2O.ClH/c1-22-16-10-8-14(9-11-16)19-18-7-4-12-21(18)17-6-3-2-5-15(17)13-20-19;/h2-12,19-20H,13H2,1H3;1H. The number of hydrogen-bond donors (Lipinski definition) is 1. The van der Waals surface area contributed by atoms with Gasteiger partial charge in [-0.3, -0.25) is 0 Å². The first-order chi connectivity index (χ1) is 10.9. The van der Waals surface area contributed by atoms with Gasteiger partial charge < -0.3 is 14.6 Å². The molecule has 2 aromatic carbocycles. The van der Waals surface area contributed by atoms with Crippen molar-refractivity contribution in [3.05, 3.63) is 83.7 Å². The van der Waals surface area contributed by atoms with Gasteiger partial charge in [0.05, 0.1) is 13.2 Å². The fraction of sp³-hybridized carbons (Fsp3) is 0.158. The van der Waals surface area contributed by atoms with Gasteiger partial charge in [0, 0.05) is 24.1 Å². The van der Waals surface area contributed by atoms with Crippen LogP contribution in [-0.2, 0) is 6.54 Å². The molecule has 0 aliphatic carbocycles. The number of nitrogens with one attached hydrogen (secondary N) is 1. The Hall–Kier alpha value is -2.23. The van der Waals surface area contributed by atoms with E-state index >= 15 is 0 Å². The molecule has 0 radical (unpaired) electrons. The second-order valence-electron chi connectivity index (χ2n) is 5.52. The molecule has 4 heteroatoms. The molecule has 2 heterocycles. The van der Waals surface area contributed by atoms with Crippen LogP contribution < -0.4 is 10.1 Å². The molecule has 0 amide bonds. The van der Waals surface area contributed by atoms with E-state index in [1.54, 1.807) is 7.11 Å². The molecule has 1 aromatic heterocycles. The first-order valence-corrected chi connectivity index (χ1v) is 7.49. The lowest BCUT2D eigenvalue weighted by molar-refractivity contribution is 0.414. The average Bonchev–Trinajstić information content (AvgIpc) is 3.00. The van der Waals surface area contributed by atoms with Crippen LogP contribution in [0.15, 0.2) is 66.9 Å². The second-order valence-corrected chi connectivity index (χ2v) is 5.52. The molecule has 1 N–H and O–H groups in total. The Morgan fingerprint density at radius 1 is 1.00 bits per heavy atom. The van der Waals surface area contributed by atoms with E-state index in [2.05, 4.69) is 64.6 Å². The Balaban J connectivity index is 0.00000156. The predicted octanol–water partition coefficient (Wildman–Crippen LogP) is 4.10. The van der Waals surface area contributed by atoms with E-state index in [0.717, 1.165) is 12.3 Å². The summed E-state index contributed by atoms with van der Waals surface area (Å²) >= 11 is 0. The Labute approximate surface area is 142 Å². The van der Waals surface area contributed by atoms with Crippen molar-refractivity contribution in [1.82, 2.24) is 9.88 Å². The zero-order valence-corrected chi connectivity index (χ0v) is 13.7. The fourth-order valence-corrected chi connectivity index (χ4v) is 3.15. The topological polar surface area (TPSA) is 26.2 Å². The second kappa shape index (κ2) is 6.49. The lowest BCUT2D eigenvalue weighted by atomic mass is 10.0. The molecule has 3 nitrogen and oxygen atoms in total. The molecular weight excluding hydrogens is 308 g/mol. The van der Waals surface area contributed by atoms with Crippen LogP contribution in [0.25, 0.3) is 5.69 Å². The first kappa shape index (κ1) is 15.7. The summed E-state index contributed by atoms with van der Waals surface area (Å²) in [5, 5.41) is 3.67. The molecule has 4 rings (SSSR count).